The molecule has 0 N–H and O–H groups in total. The van der Waals surface area contributed by atoms with Crippen molar-refractivity contribution in [1.29, 1.82) is 0 Å². The highest BCUT2D eigenvalue weighted by molar-refractivity contribution is 7.13. The molecule has 0 bridgehead atoms. The van der Waals surface area contributed by atoms with Crippen LogP contribution >= 0.6 is 11.3 Å². The molecule has 0 saturated heterocycles. The van der Waals surface area contributed by atoms with E-state index in [0.29, 0.717) is 11.5 Å². The number of thiazole rings is 1. The lowest BCUT2D eigenvalue weighted by Crippen LogP contribution is -2.04. The molecule has 1 aromatic heterocycles. The molecule has 1 heterocycles. The summed E-state index contributed by atoms with van der Waals surface area (Å²) in [6.07, 6.45) is 0.399. The second-order valence-electron chi connectivity index (χ2n) is 2.43. The number of ether oxygens (including phenoxy) is 1. The molecule has 0 fully saturated rings. The van der Waals surface area contributed by atoms with Gasteiger partial charge in [-0.1, -0.05) is 18.3 Å². The lowest BCUT2D eigenvalue weighted by Gasteiger charge is -1.97. The molecule has 0 radical (unpaired) electrons. The number of aromatic nitrogens is 1. The van der Waals surface area contributed by atoms with Crippen LogP contribution in [0.3, 0.4) is 0 Å². The van der Waals surface area contributed by atoms with Crippen molar-refractivity contribution in [2.45, 2.75) is 27.2 Å². The van der Waals surface area contributed by atoms with Crippen LogP contribution in [0.1, 0.15) is 24.0 Å². The van der Waals surface area contributed by atoms with Crippen molar-refractivity contribution in [2.24, 2.45) is 0 Å². The minimum atomic E-state index is -0.207. The van der Waals surface area contributed by atoms with Crippen LogP contribution in [0.4, 0.5) is 0 Å². The molecule has 0 saturated carbocycles. The monoisotopic (exact) mass is 185 g/mol. The molecule has 4 heteroatoms. The minimum absolute atomic E-state index is 0.207. The Balaban J connectivity index is 2.75. The summed E-state index contributed by atoms with van der Waals surface area (Å²) in [7, 11) is 0. The van der Waals surface area contributed by atoms with Crippen molar-refractivity contribution in [3.05, 3.63) is 10.7 Å². The van der Waals surface area contributed by atoms with E-state index in [1.807, 2.05) is 13.8 Å². The van der Waals surface area contributed by atoms with Crippen molar-refractivity contribution in [2.75, 3.05) is 0 Å². The number of esters is 1. The number of rotatable bonds is 2. The van der Waals surface area contributed by atoms with Gasteiger partial charge in [0, 0.05) is 6.42 Å². The van der Waals surface area contributed by atoms with Crippen LogP contribution in [-0.4, -0.2) is 11.0 Å². The summed E-state index contributed by atoms with van der Waals surface area (Å²) in [5.41, 5.74) is 0.791. The van der Waals surface area contributed by atoms with Crippen molar-refractivity contribution >= 4 is 17.3 Å². The average Bonchev–Trinajstić information content (AvgIpc) is 2.30. The zero-order valence-corrected chi connectivity index (χ0v) is 8.20. The van der Waals surface area contributed by atoms with Crippen molar-refractivity contribution in [3.63, 3.8) is 0 Å². The van der Waals surface area contributed by atoms with E-state index < -0.39 is 0 Å². The predicted molar refractivity (Wildman–Crippen MR) is 47.5 cm³/mol. The summed E-state index contributed by atoms with van der Waals surface area (Å²) in [5.74, 6) is -0.207. The maximum atomic E-state index is 10.9. The van der Waals surface area contributed by atoms with Crippen LogP contribution < -0.4 is 4.74 Å². The molecule has 12 heavy (non-hydrogen) atoms. The Morgan fingerprint density at radius 1 is 1.58 bits per heavy atom. The van der Waals surface area contributed by atoms with E-state index in [4.69, 9.17) is 4.74 Å². The van der Waals surface area contributed by atoms with Gasteiger partial charge in [0.1, 0.15) is 0 Å². The molecule has 0 unspecified atom stereocenters. The van der Waals surface area contributed by atoms with Crippen molar-refractivity contribution in [3.8, 4) is 5.06 Å². The first-order chi connectivity index (χ1) is 5.63. The smallest absolute Gasteiger partial charge is 0.311 e. The molecule has 0 amide bonds. The molecule has 66 valence electrons. The number of nitrogens with zero attached hydrogens (tertiary/aromatic N) is 1. The lowest BCUT2D eigenvalue weighted by atomic mass is 10.5. The molecule has 3 nitrogen and oxygen atoms in total. The predicted octanol–water partition coefficient (Wildman–Crippen LogP) is 2.08. The first-order valence-corrected chi connectivity index (χ1v) is 4.59. The van der Waals surface area contributed by atoms with E-state index in [-0.39, 0.29) is 5.97 Å². The lowest BCUT2D eigenvalue weighted by molar-refractivity contribution is -0.133. The van der Waals surface area contributed by atoms with Gasteiger partial charge < -0.3 is 4.74 Å². The SMILES string of the molecule is CCC(=O)Oc1sc(C)nc1C. The van der Waals surface area contributed by atoms with Gasteiger partial charge in [-0.15, -0.1) is 0 Å². The standard InChI is InChI=1S/C8H11NO2S/c1-4-7(10)11-8-5(2)9-6(3)12-8/h4H2,1-3H3. The molecule has 0 aliphatic heterocycles. The Morgan fingerprint density at radius 2 is 2.25 bits per heavy atom. The Bertz CT molecular complexity index is 293. The molecular weight excluding hydrogens is 174 g/mol. The quantitative estimate of drug-likeness (QED) is 0.662. The summed E-state index contributed by atoms with van der Waals surface area (Å²) in [6, 6.07) is 0. The van der Waals surface area contributed by atoms with Crippen molar-refractivity contribution in [1.82, 2.24) is 4.98 Å². The third kappa shape index (κ3) is 2.04. The summed E-state index contributed by atoms with van der Waals surface area (Å²) in [6.45, 7) is 5.49. The van der Waals surface area contributed by atoms with E-state index in [9.17, 15) is 4.79 Å². The summed E-state index contributed by atoms with van der Waals surface area (Å²) in [4.78, 5) is 15.0. The van der Waals surface area contributed by atoms with Gasteiger partial charge in [-0.2, -0.15) is 0 Å². The summed E-state index contributed by atoms with van der Waals surface area (Å²) >= 11 is 1.40. The fraction of sp³-hybridized carbons (Fsp3) is 0.500. The maximum Gasteiger partial charge on any atom is 0.311 e. The van der Waals surface area contributed by atoms with E-state index >= 15 is 0 Å². The number of carbonyl (C=O) groups excluding carboxylic acids is 1. The normalized spacial score (nSPS) is 9.92. The molecule has 0 spiro atoms. The van der Waals surface area contributed by atoms with E-state index in [1.165, 1.54) is 11.3 Å². The summed E-state index contributed by atoms with van der Waals surface area (Å²) in [5, 5.41) is 1.55. The second kappa shape index (κ2) is 3.67. The van der Waals surface area contributed by atoms with Gasteiger partial charge >= 0.3 is 5.97 Å². The van der Waals surface area contributed by atoms with Gasteiger partial charge in [0.25, 0.3) is 0 Å². The molecule has 0 atom stereocenters. The molecule has 0 aromatic carbocycles. The Hall–Kier alpha value is -0.900. The highest BCUT2D eigenvalue weighted by Crippen LogP contribution is 2.26. The molecular formula is C8H11NO2S. The van der Waals surface area contributed by atoms with Crippen LogP contribution in [0.5, 0.6) is 5.06 Å². The highest BCUT2D eigenvalue weighted by Gasteiger charge is 2.08. The number of aryl methyl sites for hydroxylation is 2. The van der Waals surface area contributed by atoms with Crippen LogP contribution in [0, 0.1) is 13.8 Å². The highest BCUT2D eigenvalue weighted by atomic mass is 32.1. The van der Waals surface area contributed by atoms with Crippen LogP contribution in [-0.2, 0) is 4.79 Å². The third-order valence-corrected chi connectivity index (χ3v) is 2.31. The number of carbonyl (C=O) groups is 1. The Morgan fingerprint density at radius 3 is 2.67 bits per heavy atom. The van der Waals surface area contributed by atoms with Gasteiger partial charge in [-0.3, -0.25) is 4.79 Å². The zero-order chi connectivity index (χ0) is 9.14. The number of hydrogen-bond acceptors (Lipinski definition) is 4. The average molecular weight is 185 g/mol. The maximum absolute atomic E-state index is 10.9. The van der Waals surface area contributed by atoms with Gasteiger partial charge in [0.05, 0.1) is 10.7 Å². The fourth-order valence-electron chi connectivity index (χ4n) is 0.783. The Kier molecular flexibility index (Phi) is 2.81. The summed E-state index contributed by atoms with van der Waals surface area (Å²) < 4.78 is 5.03. The molecule has 1 aromatic rings. The largest absolute Gasteiger partial charge is 0.413 e. The van der Waals surface area contributed by atoms with Gasteiger partial charge in [0.2, 0.25) is 5.06 Å². The zero-order valence-electron chi connectivity index (χ0n) is 7.38. The topological polar surface area (TPSA) is 39.2 Å². The van der Waals surface area contributed by atoms with Crippen LogP contribution in [0.15, 0.2) is 0 Å². The van der Waals surface area contributed by atoms with Gasteiger partial charge in [-0.25, -0.2) is 4.98 Å². The van der Waals surface area contributed by atoms with Crippen LogP contribution in [0.2, 0.25) is 0 Å². The number of hydrogen-bond donors (Lipinski definition) is 0. The first-order valence-electron chi connectivity index (χ1n) is 3.78. The first kappa shape index (κ1) is 9.19. The van der Waals surface area contributed by atoms with Gasteiger partial charge in [-0.05, 0) is 13.8 Å². The minimum Gasteiger partial charge on any atom is -0.413 e. The fourth-order valence-corrected chi connectivity index (χ4v) is 1.56. The Labute approximate surface area is 75.4 Å². The van der Waals surface area contributed by atoms with Crippen LogP contribution in [0.25, 0.3) is 0 Å². The molecule has 0 aliphatic rings. The second-order valence-corrected chi connectivity index (χ2v) is 3.60. The molecule has 0 aliphatic carbocycles. The van der Waals surface area contributed by atoms with Gasteiger partial charge in [0.15, 0.2) is 0 Å². The third-order valence-electron chi connectivity index (χ3n) is 1.36. The van der Waals surface area contributed by atoms with E-state index in [0.717, 1.165) is 10.7 Å². The van der Waals surface area contributed by atoms with E-state index in [2.05, 4.69) is 4.98 Å². The van der Waals surface area contributed by atoms with E-state index in [1.54, 1.807) is 6.92 Å². The van der Waals surface area contributed by atoms with Crippen molar-refractivity contribution < 1.29 is 9.53 Å². The molecule has 1 rings (SSSR count).